The van der Waals surface area contributed by atoms with Crippen LogP contribution in [0, 0.1) is 0 Å². The number of fused-ring (bicyclic) bond motifs is 1. The number of benzene rings is 1. The van der Waals surface area contributed by atoms with Crippen LogP contribution in [-0.2, 0) is 6.42 Å². The van der Waals surface area contributed by atoms with Gasteiger partial charge in [0.15, 0.2) is 11.5 Å². The molecule has 0 aliphatic carbocycles. The molecule has 0 fully saturated rings. The van der Waals surface area contributed by atoms with Gasteiger partial charge in [0.05, 0.1) is 14.2 Å². The third-order valence-corrected chi connectivity index (χ3v) is 2.61. The SMILES string of the molecule is COc1cc(CC(C)N)c(OC)c2c1OCO2. The molecule has 0 saturated heterocycles. The predicted molar refractivity (Wildman–Crippen MR) is 63.0 cm³/mol. The highest BCUT2D eigenvalue weighted by Crippen LogP contribution is 2.49. The molecule has 1 aliphatic heterocycles. The largest absolute Gasteiger partial charge is 0.493 e. The maximum atomic E-state index is 5.82. The summed E-state index contributed by atoms with van der Waals surface area (Å²) in [5, 5.41) is 0. The van der Waals surface area contributed by atoms with Crippen LogP contribution in [0.2, 0.25) is 0 Å². The van der Waals surface area contributed by atoms with Crippen LogP contribution in [0.3, 0.4) is 0 Å². The lowest BCUT2D eigenvalue weighted by Gasteiger charge is -2.15. The molecule has 1 atom stereocenters. The summed E-state index contributed by atoms with van der Waals surface area (Å²) in [6, 6.07) is 1.92. The van der Waals surface area contributed by atoms with Crippen LogP contribution in [0.1, 0.15) is 12.5 Å². The minimum Gasteiger partial charge on any atom is -0.493 e. The van der Waals surface area contributed by atoms with Crippen molar-refractivity contribution in [1.29, 1.82) is 0 Å². The fourth-order valence-corrected chi connectivity index (χ4v) is 1.94. The predicted octanol–water partition coefficient (Wildman–Crippen LogP) is 1.32. The van der Waals surface area contributed by atoms with Crippen LogP contribution >= 0.6 is 0 Å². The first-order valence-corrected chi connectivity index (χ1v) is 5.46. The third-order valence-electron chi connectivity index (χ3n) is 2.61. The second kappa shape index (κ2) is 4.71. The molecule has 0 bridgehead atoms. The summed E-state index contributed by atoms with van der Waals surface area (Å²) in [7, 11) is 3.20. The summed E-state index contributed by atoms with van der Waals surface area (Å²) in [5.41, 5.74) is 6.78. The smallest absolute Gasteiger partial charge is 0.231 e. The molecular weight excluding hydrogens is 222 g/mol. The first kappa shape index (κ1) is 11.9. The van der Waals surface area contributed by atoms with Crippen molar-refractivity contribution in [3.8, 4) is 23.0 Å². The van der Waals surface area contributed by atoms with E-state index in [4.69, 9.17) is 24.7 Å². The van der Waals surface area contributed by atoms with Gasteiger partial charge in [-0.15, -0.1) is 0 Å². The van der Waals surface area contributed by atoms with Crippen molar-refractivity contribution >= 4 is 0 Å². The Bertz CT molecular complexity index is 417. The Morgan fingerprint density at radius 3 is 2.59 bits per heavy atom. The molecule has 1 unspecified atom stereocenters. The standard InChI is InChI=1S/C12H17NO4/c1-7(13)4-8-5-9(14-2)11-12(10(8)15-3)17-6-16-11/h5,7H,4,6,13H2,1-3H3. The van der Waals surface area contributed by atoms with Gasteiger partial charge in [-0.05, 0) is 19.4 Å². The van der Waals surface area contributed by atoms with Crippen molar-refractivity contribution in [2.75, 3.05) is 21.0 Å². The molecule has 1 aromatic carbocycles. The van der Waals surface area contributed by atoms with E-state index in [1.807, 2.05) is 13.0 Å². The number of hydrogen-bond donors (Lipinski definition) is 1. The molecule has 17 heavy (non-hydrogen) atoms. The summed E-state index contributed by atoms with van der Waals surface area (Å²) >= 11 is 0. The van der Waals surface area contributed by atoms with E-state index < -0.39 is 0 Å². The maximum Gasteiger partial charge on any atom is 0.231 e. The Kier molecular flexibility index (Phi) is 3.28. The molecule has 1 aliphatic rings. The van der Waals surface area contributed by atoms with E-state index in [9.17, 15) is 0 Å². The van der Waals surface area contributed by atoms with E-state index in [2.05, 4.69) is 0 Å². The fraction of sp³-hybridized carbons (Fsp3) is 0.500. The second-order valence-electron chi connectivity index (χ2n) is 4.02. The molecule has 0 aromatic heterocycles. The fourth-order valence-electron chi connectivity index (χ4n) is 1.94. The zero-order valence-electron chi connectivity index (χ0n) is 10.3. The van der Waals surface area contributed by atoms with Gasteiger partial charge in [-0.2, -0.15) is 0 Å². The zero-order chi connectivity index (χ0) is 12.4. The van der Waals surface area contributed by atoms with Gasteiger partial charge in [-0.1, -0.05) is 0 Å². The lowest BCUT2D eigenvalue weighted by atomic mass is 10.0. The Morgan fingerprint density at radius 1 is 1.29 bits per heavy atom. The van der Waals surface area contributed by atoms with Crippen LogP contribution in [-0.4, -0.2) is 27.1 Å². The van der Waals surface area contributed by atoms with Crippen molar-refractivity contribution < 1.29 is 18.9 Å². The number of hydrogen-bond acceptors (Lipinski definition) is 5. The molecule has 5 nitrogen and oxygen atoms in total. The topological polar surface area (TPSA) is 62.9 Å². The Morgan fingerprint density at radius 2 is 2.00 bits per heavy atom. The van der Waals surface area contributed by atoms with Gasteiger partial charge in [-0.25, -0.2) is 0 Å². The Labute approximate surface area is 100 Å². The number of nitrogens with two attached hydrogens (primary N) is 1. The normalized spacial score (nSPS) is 14.6. The average molecular weight is 239 g/mol. The maximum absolute atomic E-state index is 5.82. The molecule has 94 valence electrons. The van der Waals surface area contributed by atoms with Crippen LogP contribution < -0.4 is 24.7 Å². The van der Waals surface area contributed by atoms with E-state index in [-0.39, 0.29) is 12.8 Å². The first-order valence-electron chi connectivity index (χ1n) is 5.46. The van der Waals surface area contributed by atoms with Gasteiger partial charge in [0, 0.05) is 11.6 Å². The highest BCUT2D eigenvalue weighted by Gasteiger charge is 2.27. The van der Waals surface area contributed by atoms with Gasteiger partial charge in [0.1, 0.15) is 0 Å². The molecule has 2 N–H and O–H groups in total. The summed E-state index contributed by atoms with van der Waals surface area (Å²) < 4.78 is 21.4. The summed E-state index contributed by atoms with van der Waals surface area (Å²) in [6.07, 6.45) is 0.691. The lowest BCUT2D eigenvalue weighted by Crippen LogP contribution is -2.18. The Balaban J connectivity index is 2.51. The summed E-state index contributed by atoms with van der Waals surface area (Å²) in [6.45, 7) is 2.13. The van der Waals surface area contributed by atoms with E-state index >= 15 is 0 Å². The van der Waals surface area contributed by atoms with E-state index in [1.54, 1.807) is 14.2 Å². The average Bonchev–Trinajstić information content (AvgIpc) is 2.76. The molecule has 0 radical (unpaired) electrons. The first-order chi connectivity index (χ1) is 8.17. The van der Waals surface area contributed by atoms with Crippen LogP contribution in [0.25, 0.3) is 0 Å². The minimum atomic E-state index is 0.0361. The minimum absolute atomic E-state index is 0.0361. The molecule has 5 heteroatoms. The van der Waals surface area contributed by atoms with E-state index in [0.717, 1.165) is 5.56 Å². The van der Waals surface area contributed by atoms with Crippen LogP contribution in [0.5, 0.6) is 23.0 Å². The van der Waals surface area contributed by atoms with Gasteiger partial charge >= 0.3 is 0 Å². The van der Waals surface area contributed by atoms with Gasteiger partial charge in [0.25, 0.3) is 0 Å². The summed E-state index contributed by atoms with van der Waals surface area (Å²) in [4.78, 5) is 0. The quantitative estimate of drug-likeness (QED) is 0.858. The monoisotopic (exact) mass is 239 g/mol. The van der Waals surface area contributed by atoms with Crippen LogP contribution in [0.4, 0.5) is 0 Å². The van der Waals surface area contributed by atoms with Gasteiger partial charge < -0.3 is 24.7 Å². The Hall–Kier alpha value is -1.62. The number of rotatable bonds is 4. The molecule has 1 aromatic rings. The summed E-state index contributed by atoms with van der Waals surface area (Å²) in [5.74, 6) is 2.52. The molecular formula is C12H17NO4. The van der Waals surface area contributed by atoms with Gasteiger partial charge in [-0.3, -0.25) is 0 Å². The molecule has 0 amide bonds. The van der Waals surface area contributed by atoms with Crippen molar-refractivity contribution in [1.82, 2.24) is 0 Å². The number of ether oxygens (including phenoxy) is 4. The lowest BCUT2D eigenvalue weighted by molar-refractivity contribution is 0.168. The second-order valence-corrected chi connectivity index (χ2v) is 4.02. The molecule has 1 heterocycles. The van der Waals surface area contributed by atoms with Crippen LogP contribution in [0.15, 0.2) is 6.07 Å². The van der Waals surface area contributed by atoms with E-state index in [1.165, 1.54) is 0 Å². The number of methoxy groups -OCH3 is 2. The van der Waals surface area contributed by atoms with Crippen molar-refractivity contribution in [2.24, 2.45) is 5.73 Å². The highest BCUT2D eigenvalue weighted by molar-refractivity contribution is 5.64. The molecule has 0 saturated carbocycles. The van der Waals surface area contributed by atoms with Crippen molar-refractivity contribution in [2.45, 2.75) is 19.4 Å². The molecule has 2 rings (SSSR count). The molecule has 0 spiro atoms. The highest BCUT2D eigenvalue weighted by atomic mass is 16.7. The van der Waals surface area contributed by atoms with Crippen molar-refractivity contribution in [3.05, 3.63) is 11.6 Å². The third kappa shape index (κ3) is 2.10. The van der Waals surface area contributed by atoms with E-state index in [0.29, 0.717) is 29.4 Å². The zero-order valence-corrected chi connectivity index (χ0v) is 10.3. The van der Waals surface area contributed by atoms with Gasteiger partial charge in [0.2, 0.25) is 18.3 Å². The van der Waals surface area contributed by atoms with Crippen molar-refractivity contribution in [3.63, 3.8) is 0 Å².